The summed E-state index contributed by atoms with van der Waals surface area (Å²) in [5, 5.41) is 7.72. The van der Waals surface area contributed by atoms with Crippen molar-refractivity contribution in [3.8, 4) is 11.6 Å². The van der Waals surface area contributed by atoms with Crippen LogP contribution >= 0.6 is 0 Å². The fourth-order valence-corrected chi connectivity index (χ4v) is 2.40. The van der Waals surface area contributed by atoms with Crippen LogP contribution in [0.3, 0.4) is 0 Å². The molecule has 7 nitrogen and oxygen atoms in total. The van der Waals surface area contributed by atoms with Gasteiger partial charge in [-0.1, -0.05) is 6.08 Å². The second kappa shape index (κ2) is 5.85. The van der Waals surface area contributed by atoms with E-state index < -0.39 is 0 Å². The number of anilines is 1. The smallest absolute Gasteiger partial charge is 0.223 e. The molecule has 3 heterocycles. The summed E-state index contributed by atoms with van der Waals surface area (Å²) in [6, 6.07) is 5.46. The van der Waals surface area contributed by atoms with E-state index in [4.69, 9.17) is 10.2 Å². The molecule has 0 radical (unpaired) electrons. The summed E-state index contributed by atoms with van der Waals surface area (Å²) in [6.07, 6.45) is 8.29. The lowest BCUT2D eigenvalue weighted by atomic mass is 10.3. The summed E-state index contributed by atoms with van der Waals surface area (Å²) >= 11 is 0. The molecular formula is C16H18N6O. The minimum absolute atomic E-state index is 0.304. The van der Waals surface area contributed by atoms with Gasteiger partial charge in [0.05, 0.1) is 12.0 Å². The first-order valence-electron chi connectivity index (χ1n) is 7.74. The summed E-state index contributed by atoms with van der Waals surface area (Å²) in [7, 11) is 0. The Hall–Kier alpha value is -2.67. The zero-order chi connectivity index (χ0) is 15.6. The van der Waals surface area contributed by atoms with Crippen molar-refractivity contribution >= 4 is 17.7 Å². The number of hydrogen-bond acceptors (Lipinski definition) is 6. The second-order valence-electron chi connectivity index (χ2n) is 5.73. The van der Waals surface area contributed by atoms with Gasteiger partial charge in [0.2, 0.25) is 11.8 Å². The number of nitrogens with one attached hydrogen (secondary N) is 1. The van der Waals surface area contributed by atoms with Crippen LogP contribution in [0.5, 0.6) is 0 Å². The first kappa shape index (κ1) is 14.0. The van der Waals surface area contributed by atoms with Gasteiger partial charge < -0.3 is 15.5 Å². The monoisotopic (exact) mass is 310 g/mol. The lowest BCUT2D eigenvalue weighted by molar-refractivity contribution is 0.577. The van der Waals surface area contributed by atoms with Gasteiger partial charge in [0.25, 0.3) is 0 Å². The third-order valence-electron chi connectivity index (χ3n) is 3.79. The Morgan fingerprint density at radius 2 is 2.30 bits per heavy atom. The standard InChI is InChI=1S/C16H18N6O/c17-16-19-12(3-1-7-18-10-11-5-6-11)9-14-20-15(21-22(14)16)13-4-2-8-23-13/h1-4,8-9,11,18H,5-7,10H2,(H2,17,19)/b3-1+. The van der Waals surface area contributed by atoms with Crippen LogP contribution in [-0.4, -0.2) is 32.7 Å². The Balaban J connectivity index is 1.52. The van der Waals surface area contributed by atoms with Crippen molar-refractivity contribution in [1.82, 2.24) is 24.9 Å². The van der Waals surface area contributed by atoms with Crippen LogP contribution in [0.2, 0.25) is 0 Å². The molecule has 4 rings (SSSR count). The van der Waals surface area contributed by atoms with E-state index in [-0.39, 0.29) is 0 Å². The average Bonchev–Trinajstić information content (AvgIpc) is 3.02. The van der Waals surface area contributed by atoms with E-state index in [9.17, 15) is 0 Å². The quantitative estimate of drug-likeness (QED) is 0.676. The van der Waals surface area contributed by atoms with Crippen molar-refractivity contribution in [2.45, 2.75) is 12.8 Å². The van der Waals surface area contributed by atoms with Crippen molar-refractivity contribution in [2.24, 2.45) is 5.92 Å². The van der Waals surface area contributed by atoms with E-state index >= 15 is 0 Å². The Kier molecular flexibility index (Phi) is 3.55. The second-order valence-corrected chi connectivity index (χ2v) is 5.73. The lowest BCUT2D eigenvalue weighted by Gasteiger charge is -2.00. The molecule has 0 aliphatic heterocycles. The largest absolute Gasteiger partial charge is 0.461 e. The van der Waals surface area contributed by atoms with E-state index in [1.165, 1.54) is 17.4 Å². The van der Waals surface area contributed by atoms with Gasteiger partial charge in [-0.05, 0) is 43.5 Å². The first-order chi connectivity index (χ1) is 11.3. The molecule has 3 aromatic rings. The maximum atomic E-state index is 5.97. The van der Waals surface area contributed by atoms with Crippen molar-refractivity contribution < 1.29 is 4.42 Å². The maximum Gasteiger partial charge on any atom is 0.223 e. The van der Waals surface area contributed by atoms with E-state index in [2.05, 4.69) is 20.4 Å². The number of nitrogens with zero attached hydrogens (tertiary/aromatic N) is 4. The molecule has 3 N–H and O–H groups in total. The normalized spacial score (nSPS) is 15.0. The number of rotatable bonds is 6. The molecular weight excluding hydrogens is 292 g/mol. The zero-order valence-corrected chi connectivity index (χ0v) is 12.6. The molecule has 3 aromatic heterocycles. The summed E-state index contributed by atoms with van der Waals surface area (Å²) in [6.45, 7) is 1.92. The molecule has 1 fully saturated rings. The van der Waals surface area contributed by atoms with E-state index in [0.717, 1.165) is 24.7 Å². The highest BCUT2D eigenvalue weighted by Crippen LogP contribution is 2.27. The van der Waals surface area contributed by atoms with Crippen LogP contribution in [-0.2, 0) is 0 Å². The fraction of sp³-hybridized carbons (Fsp3) is 0.312. The van der Waals surface area contributed by atoms with Gasteiger partial charge in [-0.25, -0.2) is 9.97 Å². The van der Waals surface area contributed by atoms with E-state index in [0.29, 0.717) is 23.2 Å². The molecule has 1 saturated carbocycles. The Bertz CT molecular complexity index is 832. The minimum Gasteiger partial charge on any atom is -0.461 e. The van der Waals surface area contributed by atoms with Crippen molar-refractivity contribution in [3.63, 3.8) is 0 Å². The van der Waals surface area contributed by atoms with Crippen LogP contribution in [0.1, 0.15) is 18.5 Å². The van der Waals surface area contributed by atoms with Crippen LogP contribution in [0, 0.1) is 5.92 Å². The molecule has 118 valence electrons. The molecule has 0 amide bonds. The number of nitrogens with two attached hydrogens (primary N) is 1. The van der Waals surface area contributed by atoms with Crippen LogP contribution < -0.4 is 11.1 Å². The van der Waals surface area contributed by atoms with E-state index in [1.807, 2.05) is 24.3 Å². The minimum atomic E-state index is 0.304. The summed E-state index contributed by atoms with van der Waals surface area (Å²) in [5.74, 6) is 2.29. The average molecular weight is 310 g/mol. The van der Waals surface area contributed by atoms with Crippen molar-refractivity contribution in [2.75, 3.05) is 18.8 Å². The van der Waals surface area contributed by atoms with Crippen molar-refractivity contribution in [3.05, 3.63) is 36.2 Å². The Morgan fingerprint density at radius 1 is 1.39 bits per heavy atom. The maximum absolute atomic E-state index is 5.97. The number of aromatic nitrogens is 4. The van der Waals surface area contributed by atoms with Gasteiger partial charge in [-0.3, -0.25) is 0 Å². The number of hydrogen-bond donors (Lipinski definition) is 2. The van der Waals surface area contributed by atoms with Crippen LogP contribution in [0.15, 0.2) is 35.0 Å². The predicted molar refractivity (Wildman–Crippen MR) is 87.5 cm³/mol. The Labute approximate surface area is 133 Å². The summed E-state index contributed by atoms with van der Waals surface area (Å²) < 4.78 is 6.83. The van der Waals surface area contributed by atoms with Crippen LogP contribution in [0.25, 0.3) is 23.3 Å². The van der Waals surface area contributed by atoms with Gasteiger partial charge >= 0.3 is 0 Å². The fourth-order valence-electron chi connectivity index (χ4n) is 2.40. The van der Waals surface area contributed by atoms with Gasteiger partial charge in [0.1, 0.15) is 0 Å². The first-order valence-corrected chi connectivity index (χ1v) is 7.74. The SMILES string of the molecule is Nc1nc(/C=C/CNCC2CC2)cc2nc(-c3ccco3)nn12. The molecule has 0 saturated heterocycles. The Morgan fingerprint density at radius 3 is 3.09 bits per heavy atom. The number of fused-ring (bicyclic) bond motifs is 1. The highest BCUT2D eigenvalue weighted by molar-refractivity contribution is 5.59. The molecule has 1 aliphatic rings. The van der Waals surface area contributed by atoms with Gasteiger partial charge in [0, 0.05) is 12.6 Å². The van der Waals surface area contributed by atoms with Crippen LogP contribution in [0.4, 0.5) is 5.95 Å². The third-order valence-corrected chi connectivity index (χ3v) is 3.79. The van der Waals surface area contributed by atoms with Gasteiger partial charge in [0.15, 0.2) is 11.4 Å². The lowest BCUT2D eigenvalue weighted by Crippen LogP contribution is -2.16. The summed E-state index contributed by atoms with van der Waals surface area (Å²) in [4.78, 5) is 8.78. The molecule has 7 heteroatoms. The molecule has 0 spiro atoms. The number of nitrogen functional groups attached to an aromatic ring is 1. The predicted octanol–water partition coefficient (Wildman–Crippen LogP) is 1.98. The molecule has 0 bridgehead atoms. The van der Waals surface area contributed by atoms with Crippen molar-refractivity contribution in [1.29, 1.82) is 0 Å². The zero-order valence-electron chi connectivity index (χ0n) is 12.6. The van der Waals surface area contributed by atoms with Gasteiger partial charge in [-0.15, -0.1) is 5.10 Å². The topological polar surface area (TPSA) is 94.3 Å². The number of furan rings is 1. The molecule has 0 unspecified atom stereocenters. The molecule has 0 aromatic carbocycles. The molecule has 23 heavy (non-hydrogen) atoms. The highest BCUT2D eigenvalue weighted by atomic mass is 16.3. The molecule has 0 atom stereocenters. The van der Waals surface area contributed by atoms with E-state index in [1.54, 1.807) is 12.3 Å². The van der Waals surface area contributed by atoms with Gasteiger partial charge in [-0.2, -0.15) is 4.52 Å². The summed E-state index contributed by atoms with van der Waals surface area (Å²) in [5.41, 5.74) is 7.38. The highest BCUT2D eigenvalue weighted by Gasteiger charge is 2.19. The molecule has 1 aliphatic carbocycles. The third kappa shape index (κ3) is 3.09.